The van der Waals surface area contributed by atoms with Gasteiger partial charge in [-0.25, -0.2) is 0 Å². The summed E-state index contributed by atoms with van der Waals surface area (Å²) in [6, 6.07) is 15.0. The van der Waals surface area contributed by atoms with Gasteiger partial charge in [0.15, 0.2) is 0 Å². The van der Waals surface area contributed by atoms with Gasteiger partial charge >= 0.3 is 0 Å². The first-order chi connectivity index (χ1) is 12.2. The lowest BCUT2D eigenvalue weighted by Gasteiger charge is -2.08. The Hall–Kier alpha value is -3.28. The maximum atomic E-state index is 12.5. The predicted molar refractivity (Wildman–Crippen MR) is 94.7 cm³/mol. The molecule has 3 aromatic rings. The SMILES string of the molecule is COc1ccc(CNC(=O)c2cn[nH]c2-c2cccc(OC)c2)cc1. The van der Waals surface area contributed by atoms with E-state index in [0.29, 0.717) is 17.8 Å². The second-order valence-corrected chi connectivity index (χ2v) is 5.42. The van der Waals surface area contributed by atoms with Crippen molar-refractivity contribution in [2.24, 2.45) is 0 Å². The molecule has 6 heteroatoms. The summed E-state index contributed by atoms with van der Waals surface area (Å²) in [5, 5.41) is 9.80. The number of hydrogen-bond acceptors (Lipinski definition) is 4. The van der Waals surface area contributed by atoms with Crippen LogP contribution in [0.3, 0.4) is 0 Å². The highest BCUT2D eigenvalue weighted by molar-refractivity contribution is 5.99. The molecule has 6 nitrogen and oxygen atoms in total. The first kappa shape index (κ1) is 16.6. The van der Waals surface area contributed by atoms with Gasteiger partial charge in [0.2, 0.25) is 0 Å². The van der Waals surface area contributed by atoms with Crippen molar-refractivity contribution in [2.45, 2.75) is 6.54 Å². The molecule has 0 spiro atoms. The highest BCUT2D eigenvalue weighted by Gasteiger charge is 2.15. The molecule has 25 heavy (non-hydrogen) atoms. The van der Waals surface area contributed by atoms with Gasteiger partial charge < -0.3 is 14.8 Å². The van der Waals surface area contributed by atoms with E-state index in [4.69, 9.17) is 9.47 Å². The molecule has 0 aliphatic rings. The lowest BCUT2D eigenvalue weighted by atomic mass is 10.1. The van der Waals surface area contributed by atoms with Gasteiger partial charge in [0.1, 0.15) is 11.5 Å². The second kappa shape index (κ2) is 7.53. The number of aromatic nitrogens is 2. The Labute approximate surface area is 145 Å². The number of nitrogens with one attached hydrogen (secondary N) is 2. The summed E-state index contributed by atoms with van der Waals surface area (Å²) < 4.78 is 10.4. The summed E-state index contributed by atoms with van der Waals surface area (Å²) in [4.78, 5) is 12.5. The zero-order valence-electron chi connectivity index (χ0n) is 14.1. The van der Waals surface area contributed by atoms with Crippen molar-refractivity contribution in [1.29, 1.82) is 0 Å². The van der Waals surface area contributed by atoms with Gasteiger partial charge in [-0.2, -0.15) is 5.10 Å². The average molecular weight is 337 g/mol. The van der Waals surface area contributed by atoms with Crippen molar-refractivity contribution in [2.75, 3.05) is 14.2 Å². The molecule has 2 N–H and O–H groups in total. The monoisotopic (exact) mass is 337 g/mol. The molecule has 0 radical (unpaired) electrons. The molecule has 0 aliphatic heterocycles. The summed E-state index contributed by atoms with van der Waals surface area (Å²) in [6.07, 6.45) is 1.53. The highest BCUT2D eigenvalue weighted by atomic mass is 16.5. The standard InChI is InChI=1S/C19H19N3O3/c1-24-15-8-6-13(7-9-15)11-20-19(23)17-12-21-22-18(17)14-4-3-5-16(10-14)25-2/h3-10,12H,11H2,1-2H3,(H,20,23)(H,21,22). The number of nitrogens with zero attached hydrogens (tertiary/aromatic N) is 1. The zero-order valence-corrected chi connectivity index (χ0v) is 14.1. The predicted octanol–water partition coefficient (Wildman–Crippen LogP) is 3.02. The third-order valence-corrected chi connectivity index (χ3v) is 3.85. The summed E-state index contributed by atoms with van der Waals surface area (Å²) >= 11 is 0. The quantitative estimate of drug-likeness (QED) is 0.725. The fraction of sp³-hybridized carbons (Fsp3) is 0.158. The number of amides is 1. The van der Waals surface area contributed by atoms with Gasteiger partial charge in [-0.05, 0) is 29.8 Å². The van der Waals surface area contributed by atoms with E-state index >= 15 is 0 Å². The Kier molecular flexibility index (Phi) is 4.99. The van der Waals surface area contributed by atoms with Crippen LogP contribution >= 0.6 is 0 Å². The third kappa shape index (κ3) is 3.80. The number of hydrogen-bond donors (Lipinski definition) is 2. The molecule has 0 saturated heterocycles. The minimum atomic E-state index is -0.192. The van der Waals surface area contributed by atoms with Gasteiger partial charge in [0, 0.05) is 12.1 Å². The Bertz CT molecular complexity index is 856. The largest absolute Gasteiger partial charge is 0.497 e. The summed E-state index contributed by atoms with van der Waals surface area (Å²) in [6.45, 7) is 0.422. The van der Waals surface area contributed by atoms with Crippen molar-refractivity contribution in [3.05, 3.63) is 65.9 Å². The van der Waals surface area contributed by atoms with Crippen molar-refractivity contribution in [3.63, 3.8) is 0 Å². The molecule has 1 amide bonds. The van der Waals surface area contributed by atoms with Crippen LogP contribution in [0.4, 0.5) is 0 Å². The number of carbonyl (C=O) groups excluding carboxylic acids is 1. The fourth-order valence-corrected chi connectivity index (χ4v) is 2.48. The number of benzene rings is 2. The van der Waals surface area contributed by atoms with Crippen molar-refractivity contribution in [1.82, 2.24) is 15.5 Å². The van der Waals surface area contributed by atoms with E-state index < -0.39 is 0 Å². The molecule has 2 aromatic carbocycles. The van der Waals surface area contributed by atoms with Gasteiger partial charge in [-0.1, -0.05) is 24.3 Å². The lowest BCUT2D eigenvalue weighted by Crippen LogP contribution is -2.22. The summed E-state index contributed by atoms with van der Waals surface area (Å²) in [5.41, 5.74) is 2.97. The van der Waals surface area contributed by atoms with Crippen LogP contribution < -0.4 is 14.8 Å². The molecule has 0 atom stereocenters. The fourth-order valence-electron chi connectivity index (χ4n) is 2.48. The molecule has 128 valence electrons. The van der Waals surface area contributed by atoms with Gasteiger partial charge in [0.25, 0.3) is 5.91 Å². The number of carbonyl (C=O) groups is 1. The van der Waals surface area contributed by atoms with Crippen LogP contribution in [0.15, 0.2) is 54.7 Å². The normalized spacial score (nSPS) is 10.3. The Morgan fingerprint density at radius 1 is 1.08 bits per heavy atom. The van der Waals surface area contributed by atoms with E-state index in [0.717, 1.165) is 22.6 Å². The van der Waals surface area contributed by atoms with Crippen molar-refractivity contribution in [3.8, 4) is 22.8 Å². The molecular weight excluding hydrogens is 318 g/mol. The third-order valence-electron chi connectivity index (χ3n) is 3.85. The smallest absolute Gasteiger partial charge is 0.255 e. The van der Waals surface area contributed by atoms with E-state index in [1.165, 1.54) is 6.20 Å². The first-order valence-corrected chi connectivity index (χ1v) is 7.80. The molecule has 0 unspecified atom stereocenters. The summed E-state index contributed by atoms with van der Waals surface area (Å²) in [7, 11) is 3.23. The minimum Gasteiger partial charge on any atom is -0.497 e. The Morgan fingerprint density at radius 3 is 2.56 bits per heavy atom. The summed E-state index contributed by atoms with van der Waals surface area (Å²) in [5.74, 6) is 1.31. The Morgan fingerprint density at radius 2 is 1.84 bits per heavy atom. The van der Waals surface area contributed by atoms with Crippen LogP contribution in [0.5, 0.6) is 11.5 Å². The molecule has 0 aliphatic carbocycles. The molecule has 0 fully saturated rings. The molecule has 3 rings (SSSR count). The molecule has 0 bridgehead atoms. The van der Waals surface area contributed by atoms with Gasteiger partial charge in [-0.15, -0.1) is 0 Å². The number of aromatic amines is 1. The highest BCUT2D eigenvalue weighted by Crippen LogP contribution is 2.25. The van der Waals surface area contributed by atoms with E-state index in [-0.39, 0.29) is 5.91 Å². The number of rotatable bonds is 6. The van der Waals surface area contributed by atoms with E-state index in [1.807, 2.05) is 48.5 Å². The van der Waals surface area contributed by atoms with E-state index in [9.17, 15) is 4.79 Å². The van der Waals surface area contributed by atoms with E-state index in [1.54, 1.807) is 14.2 Å². The molecule has 1 heterocycles. The topological polar surface area (TPSA) is 76.2 Å². The molecule has 1 aromatic heterocycles. The average Bonchev–Trinajstić information content (AvgIpc) is 3.16. The van der Waals surface area contributed by atoms with Gasteiger partial charge in [-0.3, -0.25) is 9.89 Å². The number of H-pyrrole nitrogens is 1. The number of methoxy groups -OCH3 is 2. The minimum absolute atomic E-state index is 0.192. The van der Waals surface area contributed by atoms with Crippen LogP contribution in [-0.4, -0.2) is 30.3 Å². The molecular formula is C19H19N3O3. The van der Waals surface area contributed by atoms with Crippen LogP contribution in [0.1, 0.15) is 15.9 Å². The maximum Gasteiger partial charge on any atom is 0.255 e. The van der Waals surface area contributed by atoms with Crippen LogP contribution in [0, 0.1) is 0 Å². The zero-order chi connectivity index (χ0) is 17.6. The lowest BCUT2D eigenvalue weighted by molar-refractivity contribution is 0.0951. The Balaban J connectivity index is 1.73. The van der Waals surface area contributed by atoms with Crippen LogP contribution in [0.25, 0.3) is 11.3 Å². The second-order valence-electron chi connectivity index (χ2n) is 5.42. The van der Waals surface area contributed by atoms with Crippen molar-refractivity contribution < 1.29 is 14.3 Å². The van der Waals surface area contributed by atoms with E-state index in [2.05, 4.69) is 15.5 Å². The molecule has 0 saturated carbocycles. The number of ether oxygens (including phenoxy) is 2. The van der Waals surface area contributed by atoms with Crippen LogP contribution in [0.2, 0.25) is 0 Å². The first-order valence-electron chi connectivity index (χ1n) is 7.80. The van der Waals surface area contributed by atoms with Crippen molar-refractivity contribution >= 4 is 5.91 Å². The van der Waals surface area contributed by atoms with Gasteiger partial charge in [0.05, 0.1) is 31.7 Å². The van der Waals surface area contributed by atoms with Crippen LogP contribution in [-0.2, 0) is 6.54 Å². The maximum absolute atomic E-state index is 12.5.